The molecule has 0 radical (unpaired) electrons. The first kappa shape index (κ1) is 10.2. The molecule has 0 bridgehead atoms. The third-order valence-corrected chi connectivity index (χ3v) is 2.98. The molecule has 0 aliphatic carbocycles. The Bertz CT molecular complexity index is 699. The Morgan fingerprint density at radius 2 is 2.18 bits per heavy atom. The zero-order valence-electron chi connectivity index (χ0n) is 9.08. The van der Waals surface area contributed by atoms with Crippen molar-refractivity contribution in [2.45, 2.75) is 6.92 Å². The van der Waals surface area contributed by atoms with Crippen LogP contribution in [0.15, 0.2) is 24.4 Å². The summed E-state index contributed by atoms with van der Waals surface area (Å²) in [5.74, 6) is 0.994. The van der Waals surface area contributed by atoms with Crippen molar-refractivity contribution in [3.63, 3.8) is 0 Å². The highest BCUT2D eigenvalue weighted by Gasteiger charge is 2.10. The number of hydrogen-bond acceptors (Lipinski definition) is 2. The van der Waals surface area contributed by atoms with Gasteiger partial charge in [-0.25, -0.2) is 4.98 Å². The Morgan fingerprint density at radius 3 is 2.88 bits per heavy atom. The highest BCUT2D eigenvalue weighted by molar-refractivity contribution is 6.32. The van der Waals surface area contributed by atoms with Gasteiger partial charge in [0.25, 0.3) is 0 Å². The van der Waals surface area contributed by atoms with Crippen LogP contribution in [0.25, 0.3) is 22.2 Å². The maximum Gasteiger partial charge on any atom is 0.140 e. The molecule has 3 N–H and O–H groups in total. The lowest BCUT2D eigenvalue weighted by Crippen LogP contribution is -1.79. The molecule has 2 aromatic heterocycles. The van der Waals surface area contributed by atoms with Crippen molar-refractivity contribution >= 4 is 22.5 Å². The number of aryl methyl sites for hydroxylation is 1. The molecule has 86 valence electrons. The van der Waals surface area contributed by atoms with Gasteiger partial charge in [-0.2, -0.15) is 0 Å². The number of aromatic amines is 2. The predicted molar refractivity (Wildman–Crippen MR) is 67.3 cm³/mol. The Morgan fingerprint density at radius 1 is 1.35 bits per heavy atom. The molecular formula is C12H10ClN3O. The molecule has 4 nitrogen and oxygen atoms in total. The predicted octanol–water partition coefficient (Wildman–Crippen LogP) is 3.23. The van der Waals surface area contributed by atoms with Gasteiger partial charge in [0.2, 0.25) is 0 Å². The van der Waals surface area contributed by atoms with E-state index in [2.05, 4.69) is 15.0 Å². The number of nitrogens with zero attached hydrogens (tertiary/aromatic N) is 1. The van der Waals surface area contributed by atoms with Crippen LogP contribution in [0.3, 0.4) is 0 Å². The molecule has 5 heteroatoms. The quantitative estimate of drug-likeness (QED) is 0.618. The van der Waals surface area contributed by atoms with Gasteiger partial charge in [0.05, 0.1) is 0 Å². The van der Waals surface area contributed by atoms with Crippen LogP contribution in [0.2, 0.25) is 5.15 Å². The van der Waals surface area contributed by atoms with Crippen LogP contribution in [-0.4, -0.2) is 20.1 Å². The highest BCUT2D eigenvalue weighted by Crippen LogP contribution is 2.31. The smallest absolute Gasteiger partial charge is 0.140 e. The largest absolute Gasteiger partial charge is 0.506 e. The normalized spacial score (nSPS) is 11.2. The summed E-state index contributed by atoms with van der Waals surface area (Å²) in [6.07, 6.45) is 1.56. The topological polar surface area (TPSA) is 64.7 Å². The number of imidazole rings is 1. The SMILES string of the molecule is Cc1nc(-c2ccc3[nH]cc(O)c3c2)c(Cl)[nH]1. The molecule has 0 saturated carbocycles. The third kappa shape index (κ3) is 1.57. The fourth-order valence-electron chi connectivity index (χ4n) is 1.91. The maximum atomic E-state index is 9.66. The molecular weight excluding hydrogens is 238 g/mol. The molecule has 0 amide bonds. The number of halogens is 1. The lowest BCUT2D eigenvalue weighted by Gasteiger charge is -1.98. The number of nitrogens with one attached hydrogen (secondary N) is 2. The van der Waals surface area contributed by atoms with Crippen LogP contribution in [0.5, 0.6) is 5.75 Å². The minimum absolute atomic E-state index is 0.227. The number of rotatable bonds is 1. The van der Waals surface area contributed by atoms with Crippen molar-refractivity contribution in [2.24, 2.45) is 0 Å². The second-order valence-corrected chi connectivity index (χ2v) is 4.30. The van der Waals surface area contributed by atoms with Crippen molar-refractivity contribution in [1.29, 1.82) is 0 Å². The summed E-state index contributed by atoms with van der Waals surface area (Å²) < 4.78 is 0. The van der Waals surface area contributed by atoms with Gasteiger partial charge >= 0.3 is 0 Å². The van der Waals surface area contributed by atoms with Gasteiger partial charge in [0.15, 0.2) is 0 Å². The first-order valence-electron chi connectivity index (χ1n) is 5.18. The number of aromatic hydroxyl groups is 1. The van der Waals surface area contributed by atoms with Gasteiger partial charge in [-0.1, -0.05) is 17.7 Å². The monoisotopic (exact) mass is 247 g/mol. The number of fused-ring (bicyclic) bond motifs is 1. The van der Waals surface area contributed by atoms with Crippen LogP contribution in [0, 0.1) is 6.92 Å². The maximum absolute atomic E-state index is 9.66. The van der Waals surface area contributed by atoms with Gasteiger partial charge in [-0.05, 0) is 19.1 Å². The summed E-state index contributed by atoms with van der Waals surface area (Å²) in [7, 11) is 0. The molecule has 0 aliphatic heterocycles. The lowest BCUT2D eigenvalue weighted by atomic mass is 10.1. The van der Waals surface area contributed by atoms with E-state index < -0.39 is 0 Å². The minimum Gasteiger partial charge on any atom is -0.506 e. The molecule has 0 fully saturated rings. The molecule has 0 saturated heterocycles. The van der Waals surface area contributed by atoms with E-state index in [0.717, 1.165) is 22.3 Å². The van der Waals surface area contributed by atoms with Gasteiger partial charge in [0.1, 0.15) is 22.4 Å². The van der Waals surface area contributed by atoms with E-state index in [1.54, 1.807) is 6.20 Å². The summed E-state index contributed by atoms with van der Waals surface area (Å²) in [5, 5.41) is 10.9. The van der Waals surface area contributed by atoms with Crippen LogP contribution >= 0.6 is 11.6 Å². The fourth-order valence-corrected chi connectivity index (χ4v) is 2.20. The van der Waals surface area contributed by atoms with Crippen molar-refractivity contribution in [3.05, 3.63) is 35.4 Å². The van der Waals surface area contributed by atoms with E-state index in [-0.39, 0.29) is 5.75 Å². The average molecular weight is 248 g/mol. The Hall–Kier alpha value is -1.94. The van der Waals surface area contributed by atoms with Gasteiger partial charge in [-0.15, -0.1) is 0 Å². The first-order chi connectivity index (χ1) is 8.15. The van der Waals surface area contributed by atoms with Gasteiger partial charge in [-0.3, -0.25) is 0 Å². The summed E-state index contributed by atoms with van der Waals surface area (Å²) in [6, 6.07) is 5.67. The molecule has 0 atom stereocenters. The Kier molecular flexibility index (Phi) is 2.12. The zero-order valence-corrected chi connectivity index (χ0v) is 9.84. The second kappa shape index (κ2) is 3.53. The third-order valence-electron chi connectivity index (χ3n) is 2.71. The zero-order chi connectivity index (χ0) is 12.0. The Balaban J connectivity index is 2.23. The molecule has 0 unspecified atom stereocenters. The summed E-state index contributed by atoms with van der Waals surface area (Å²) in [6.45, 7) is 1.85. The van der Waals surface area contributed by atoms with Crippen LogP contribution in [0.1, 0.15) is 5.82 Å². The van der Waals surface area contributed by atoms with Crippen molar-refractivity contribution in [2.75, 3.05) is 0 Å². The molecule has 0 aliphatic rings. The number of H-pyrrole nitrogens is 2. The van der Waals surface area contributed by atoms with Crippen LogP contribution in [0.4, 0.5) is 0 Å². The minimum atomic E-state index is 0.227. The molecule has 3 aromatic rings. The van der Waals surface area contributed by atoms with Crippen molar-refractivity contribution in [3.8, 4) is 17.0 Å². The molecule has 2 heterocycles. The number of benzene rings is 1. The number of aromatic nitrogens is 3. The summed E-state index contributed by atoms with van der Waals surface area (Å²) in [4.78, 5) is 10.2. The summed E-state index contributed by atoms with van der Waals surface area (Å²) >= 11 is 6.06. The average Bonchev–Trinajstić information content (AvgIpc) is 2.83. The van der Waals surface area contributed by atoms with E-state index in [9.17, 15) is 5.11 Å². The van der Waals surface area contributed by atoms with E-state index in [1.807, 2.05) is 25.1 Å². The molecule has 1 aromatic carbocycles. The van der Waals surface area contributed by atoms with Crippen molar-refractivity contribution in [1.82, 2.24) is 15.0 Å². The van der Waals surface area contributed by atoms with Crippen molar-refractivity contribution < 1.29 is 5.11 Å². The number of hydrogen-bond donors (Lipinski definition) is 3. The first-order valence-corrected chi connectivity index (χ1v) is 5.55. The van der Waals surface area contributed by atoms with E-state index in [4.69, 9.17) is 11.6 Å². The molecule has 17 heavy (non-hydrogen) atoms. The standard InChI is InChI=1S/C12H10ClN3O/c1-6-15-11(12(13)16-6)7-2-3-9-8(4-7)10(17)5-14-9/h2-5,14,17H,1H3,(H,15,16). The Labute approximate surface area is 102 Å². The summed E-state index contributed by atoms with van der Waals surface area (Å²) in [5.41, 5.74) is 2.46. The second-order valence-electron chi connectivity index (χ2n) is 3.92. The van der Waals surface area contributed by atoms with E-state index in [1.165, 1.54) is 0 Å². The van der Waals surface area contributed by atoms with Crippen LogP contribution in [-0.2, 0) is 0 Å². The van der Waals surface area contributed by atoms with Gasteiger partial charge < -0.3 is 15.1 Å². The van der Waals surface area contributed by atoms with E-state index in [0.29, 0.717) is 10.8 Å². The molecule has 0 spiro atoms. The van der Waals surface area contributed by atoms with Crippen LogP contribution < -0.4 is 0 Å². The fraction of sp³-hybridized carbons (Fsp3) is 0.0833. The van der Waals surface area contributed by atoms with Gasteiger partial charge in [0, 0.05) is 22.7 Å². The highest BCUT2D eigenvalue weighted by atomic mass is 35.5. The lowest BCUT2D eigenvalue weighted by molar-refractivity contribution is 0.481. The molecule has 3 rings (SSSR count). The van der Waals surface area contributed by atoms with E-state index >= 15 is 0 Å².